The molecule has 0 bridgehead atoms. The molecule has 2 amide bonds. The van der Waals surface area contributed by atoms with Gasteiger partial charge in [0.15, 0.2) is 18.1 Å². The first-order chi connectivity index (χ1) is 14.3. The van der Waals surface area contributed by atoms with Crippen LogP contribution in [0.1, 0.15) is 45.1 Å². The van der Waals surface area contributed by atoms with Crippen LogP contribution in [0.25, 0.3) is 6.08 Å². The molecular formula is C23H31N3O4. The fourth-order valence-corrected chi connectivity index (χ4v) is 3.36. The Labute approximate surface area is 178 Å². The lowest BCUT2D eigenvalue weighted by Gasteiger charge is -2.29. The van der Waals surface area contributed by atoms with Gasteiger partial charge in [-0.25, -0.2) is 0 Å². The molecule has 0 saturated heterocycles. The lowest BCUT2D eigenvalue weighted by Crippen LogP contribution is -2.41. The summed E-state index contributed by atoms with van der Waals surface area (Å²) in [5.41, 5.74) is 0.694. The number of nitriles is 1. The number of rotatable bonds is 8. The van der Waals surface area contributed by atoms with Crippen LogP contribution in [0.2, 0.25) is 0 Å². The Morgan fingerprint density at radius 3 is 2.60 bits per heavy atom. The first-order valence-corrected chi connectivity index (χ1v) is 10.4. The van der Waals surface area contributed by atoms with Crippen molar-refractivity contribution in [3.05, 3.63) is 29.3 Å². The fraction of sp³-hybridized carbons (Fsp3) is 0.522. The molecule has 0 heterocycles. The van der Waals surface area contributed by atoms with E-state index >= 15 is 0 Å². The van der Waals surface area contributed by atoms with E-state index in [-0.39, 0.29) is 30.0 Å². The first-order valence-electron chi connectivity index (χ1n) is 10.4. The molecule has 0 aliphatic heterocycles. The number of carbonyl (C=O) groups excluding carboxylic acids is 2. The highest BCUT2D eigenvalue weighted by Crippen LogP contribution is 2.30. The van der Waals surface area contributed by atoms with Crippen molar-refractivity contribution in [2.75, 3.05) is 27.3 Å². The van der Waals surface area contributed by atoms with Crippen LogP contribution in [0.3, 0.4) is 0 Å². The van der Waals surface area contributed by atoms with Gasteiger partial charge in [0.1, 0.15) is 11.6 Å². The maximum Gasteiger partial charge on any atom is 0.262 e. The van der Waals surface area contributed by atoms with Crippen LogP contribution in [0, 0.1) is 17.2 Å². The van der Waals surface area contributed by atoms with Crippen molar-refractivity contribution >= 4 is 17.9 Å². The number of carbonyl (C=O) groups is 2. The van der Waals surface area contributed by atoms with Crippen molar-refractivity contribution in [3.8, 4) is 17.6 Å². The molecule has 30 heavy (non-hydrogen) atoms. The minimum absolute atomic E-state index is 0.0478. The summed E-state index contributed by atoms with van der Waals surface area (Å²) in [7, 11) is 3.32. The third-order valence-electron chi connectivity index (χ3n) is 5.22. The summed E-state index contributed by atoms with van der Waals surface area (Å²) in [6.45, 7) is 4.29. The number of nitrogens with zero attached hydrogens (tertiary/aromatic N) is 2. The van der Waals surface area contributed by atoms with Crippen molar-refractivity contribution in [1.82, 2.24) is 10.2 Å². The van der Waals surface area contributed by atoms with Crippen LogP contribution < -0.4 is 14.8 Å². The van der Waals surface area contributed by atoms with E-state index in [9.17, 15) is 14.9 Å². The molecule has 0 unspecified atom stereocenters. The second kappa shape index (κ2) is 11.2. The van der Waals surface area contributed by atoms with Gasteiger partial charge in [0, 0.05) is 20.1 Å². The van der Waals surface area contributed by atoms with E-state index in [2.05, 4.69) is 12.2 Å². The highest BCUT2D eigenvalue weighted by molar-refractivity contribution is 6.01. The summed E-state index contributed by atoms with van der Waals surface area (Å²) in [5, 5.41) is 12.5. The number of likely N-dealkylation sites (N-methyl/N-ethyl adjacent to an activating group) is 1. The zero-order chi connectivity index (χ0) is 22.1. The maximum absolute atomic E-state index is 12.6. The molecular weight excluding hydrogens is 382 g/mol. The highest BCUT2D eigenvalue weighted by Gasteiger charge is 2.24. The molecule has 1 aromatic carbocycles. The Morgan fingerprint density at radius 1 is 1.23 bits per heavy atom. The molecule has 0 spiro atoms. The van der Waals surface area contributed by atoms with Gasteiger partial charge in [0.25, 0.3) is 11.8 Å². The molecule has 0 radical (unpaired) electrons. The highest BCUT2D eigenvalue weighted by atomic mass is 16.5. The lowest BCUT2D eigenvalue weighted by atomic mass is 9.86. The van der Waals surface area contributed by atoms with Gasteiger partial charge in [-0.05, 0) is 49.5 Å². The Morgan fingerprint density at radius 2 is 1.97 bits per heavy atom. The Bertz CT molecular complexity index is 826. The predicted molar refractivity (Wildman–Crippen MR) is 115 cm³/mol. The van der Waals surface area contributed by atoms with Crippen LogP contribution in [0.4, 0.5) is 0 Å². The van der Waals surface area contributed by atoms with Crippen LogP contribution in [0.5, 0.6) is 11.5 Å². The second-order valence-electron chi connectivity index (χ2n) is 7.73. The number of amides is 2. The molecule has 0 aromatic heterocycles. The third kappa shape index (κ3) is 6.51. The topological polar surface area (TPSA) is 91.7 Å². The average Bonchev–Trinajstić information content (AvgIpc) is 2.72. The zero-order valence-electron chi connectivity index (χ0n) is 18.2. The molecule has 1 aromatic rings. The summed E-state index contributed by atoms with van der Waals surface area (Å²) in [6, 6.07) is 7.21. The van der Waals surface area contributed by atoms with E-state index in [1.54, 1.807) is 38.4 Å². The zero-order valence-corrected chi connectivity index (χ0v) is 18.2. The molecule has 7 heteroatoms. The van der Waals surface area contributed by atoms with Gasteiger partial charge in [-0.2, -0.15) is 5.26 Å². The standard InChI is InChI=1S/C23H31N3O4/c1-5-29-21-13-17(10-11-20(21)30-15-22(27)26(3)4)12-18(14-24)23(28)25-19-9-7-6-8-16(19)2/h10-13,16,19H,5-9,15H2,1-4H3,(H,25,28)/b18-12+/t16-,19+/m0/s1. The van der Waals surface area contributed by atoms with Crippen molar-refractivity contribution in [3.63, 3.8) is 0 Å². The summed E-state index contributed by atoms with van der Waals surface area (Å²) < 4.78 is 11.2. The Kier molecular flexibility index (Phi) is 8.72. The Balaban J connectivity index is 2.16. The predicted octanol–water partition coefficient (Wildman–Crippen LogP) is 3.15. The monoisotopic (exact) mass is 413 g/mol. The van der Waals surface area contributed by atoms with E-state index in [0.29, 0.717) is 29.6 Å². The van der Waals surface area contributed by atoms with Crippen LogP contribution in [0.15, 0.2) is 23.8 Å². The minimum atomic E-state index is -0.355. The van der Waals surface area contributed by atoms with Gasteiger partial charge in [-0.1, -0.05) is 25.8 Å². The van der Waals surface area contributed by atoms with E-state index in [4.69, 9.17) is 9.47 Å². The van der Waals surface area contributed by atoms with Gasteiger partial charge < -0.3 is 19.7 Å². The van der Waals surface area contributed by atoms with Gasteiger partial charge in [0.2, 0.25) is 0 Å². The van der Waals surface area contributed by atoms with Gasteiger partial charge >= 0.3 is 0 Å². The van der Waals surface area contributed by atoms with Crippen molar-refractivity contribution in [2.24, 2.45) is 5.92 Å². The third-order valence-corrected chi connectivity index (χ3v) is 5.22. The lowest BCUT2D eigenvalue weighted by molar-refractivity contribution is -0.130. The van der Waals surface area contributed by atoms with Crippen molar-refractivity contribution < 1.29 is 19.1 Å². The van der Waals surface area contributed by atoms with Gasteiger partial charge in [-0.15, -0.1) is 0 Å². The van der Waals surface area contributed by atoms with E-state index < -0.39 is 0 Å². The smallest absolute Gasteiger partial charge is 0.262 e. The van der Waals surface area contributed by atoms with Gasteiger partial charge in [-0.3, -0.25) is 9.59 Å². The summed E-state index contributed by atoms with van der Waals surface area (Å²) in [4.78, 5) is 25.8. The summed E-state index contributed by atoms with van der Waals surface area (Å²) in [6.07, 6.45) is 5.85. The number of hydrogen-bond donors (Lipinski definition) is 1. The van der Waals surface area contributed by atoms with Crippen LogP contribution in [-0.4, -0.2) is 50.1 Å². The maximum atomic E-state index is 12.6. The van der Waals surface area contributed by atoms with E-state index in [1.165, 1.54) is 11.3 Å². The Hall–Kier alpha value is -3.01. The van der Waals surface area contributed by atoms with Crippen molar-refractivity contribution in [2.45, 2.75) is 45.6 Å². The minimum Gasteiger partial charge on any atom is -0.490 e. The van der Waals surface area contributed by atoms with E-state index in [0.717, 1.165) is 19.3 Å². The molecule has 1 aliphatic rings. The quantitative estimate of drug-likeness (QED) is 0.522. The fourth-order valence-electron chi connectivity index (χ4n) is 3.36. The molecule has 2 atom stereocenters. The summed E-state index contributed by atoms with van der Waals surface area (Å²) >= 11 is 0. The molecule has 162 valence electrons. The SMILES string of the molecule is CCOc1cc(/C=C(\C#N)C(=O)N[C@@H]2CCCC[C@@H]2C)ccc1OCC(=O)N(C)C. The first kappa shape index (κ1) is 23.3. The number of ether oxygens (including phenoxy) is 2. The molecule has 1 fully saturated rings. The summed E-state index contributed by atoms with van der Waals surface area (Å²) in [5.74, 6) is 0.779. The largest absolute Gasteiger partial charge is 0.490 e. The molecule has 7 nitrogen and oxygen atoms in total. The second-order valence-corrected chi connectivity index (χ2v) is 7.73. The molecule has 2 rings (SSSR count). The molecule has 1 aliphatic carbocycles. The number of hydrogen-bond acceptors (Lipinski definition) is 5. The number of nitrogens with one attached hydrogen (secondary N) is 1. The number of benzene rings is 1. The average molecular weight is 414 g/mol. The van der Waals surface area contributed by atoms with Crippen LogP contribution >= 0.6 is 0 Å². The normalized spacial score (nSPS) is 18.8. The van der Waals surface area contributed by atoms with Gasteiger partial charge in [0.05, 0.1) is 6.61 Å². The molecule has 1 N–H and O–H groups in total. The molecule has 1 saturated carbocycles. The van der Waals surface area contributed by atoms with E-state index in [1.807, 2.05) is 13.0 Å². The van der Waals surface area contributed by atoms with Crippen LogP contribution in [-0.2, 0) is 9.59 Å². The van der Waals surface area contributed by atoms with Crippen molar-refractivity contribution in [1.29, 1.82) is 5.26 Å².